The topological polar surface area (TPSA) is 46.2 Å². The van der Waals surface area contributed by atoms with Gasteiger partial charge in [0.15, 0.2) is 5.12 Å². The second-order valence-corrected chi connectivity index (χ2v) is 5.21. The molecule has 1 amide bonds. The summed E-state index contributed by atoms with van der Waals surface area (Å²) < 4.78 is 0. The molecule has 1 aromatic rings. The van der Waals surface area contributed by atoms with Crippen LogP contribution in [0.2, 0.25) is 5.02 Å². The standard InChI is InChI=1S/C12H14ClNO2S/c1-8-3-4-10(11(13)5-8)6-14-12(16)7-17-9(2)15/h3-5H,6-7H2,1-2H3,(H,14,16). The highest BCUT2D eigenvalue weighted by Gasteiger charge is 2.05. The first-order chi connectivity index (χ1) is 7.99. The fourth-order valence-corrected chi connectivity index (χ4v) is 1.95. The Bertz CT molecular complexity index is 435. The second kappa shape index (κ2) is 6.67. The summed E-state index contributed by atoms with van der Waals surface area (Å²) in [5, 5.41) is 3.30. The maximum Gasteiger partial charge on any atom is 0.230 e. The third-order valence-electron chi connectivity index (χ3n) is 2.09. The monoisotopic (exact) mass is 271 g/mol. The van der Waals surface area contributed by atoms with Crippen molar-refractivity contribution in [3.05, 3.63) is 34.3 Å². The van der Waals surface area contributed by atoms with Gasteiger partial charge in [-0.25, -0.2) is 0 Å². The molecule has 1 rings (SSSR count). The van der Waals surface area contributed by atoms with Crippen LogP contribution < -0.4 is 5.32 Å². The van der Waals surface area contributed by atoms with Crippen molar-refractivity contribution in [2.75, 3.05) is 5.75 Å². The van der Waals surface area contributed by atoms with E-state index in [4.69, 9.17) is 11.6 Å². The van der Waals surface area contributed by atoms with Crippen LogP contribution in [0, 0.1) is 6.92 Å². The Morgan fingerprint density at radius 2 is 2.12 bits per heavy atom. The SMILES string of the molecule is CC(=O)SCC(=O)NCc1ccc(C)cc1Cl. The van der Waals surface area contributed by atoms with Crippen LogP contribution in [0.1, 0.15) is 18.1 Å². The predicted molar refractivity (Wildman–Crippen MR) is 71.2 cm³/mol. The van der Waals surface area contributed by atoms with Gasteiger partial charge < -0.3 is 5.32 Å². The molecule has 0 aliphatic rings. The number of amides is 1. The quantitative estimate of drug-likeness (QED) is 0.915. The molecule has 0 bridgehead atoms. The minimum absolute atomic E-state index is 0.0616. The van der Waals surface area contributed by atoms with E-state index >= 15 is 0 Å². The maximum atomic E-state index is 11.4. The van der Waals surface area contributed by atoms with Crippen LogP contribution >= 0.6 is 23.4 Å². The second-order valence-electron chi connectivity index (χ2n) is 3.65. The molecular formula is C12H14ClNO2S. The van der Waals surface area contributed by atoms with Crippen LogP contribution in [0.5, 0.6) is 0 Å². The number of hydrogen-bond donors (Lipinski definition) is 1. The zero-order valence-electron chi connectivity index (χ0n) is 9.75. The minimum atomic E-state index is -0.165. The van der Waals surface area contributed by atoms with Gasteiger partial charge in [0.2, 0.25) is 5.91 Å². The summed E-state index contributed by atoms with van der Waals surface area (Å²) in [4.78, 5) is 22.0. The molecule has 3 nitrogen and oxygen atoms in total. The fraction of sp³-hybridized carbons (Fsp3) is 0.333. The number of halogens is 1. The third kappa shape index (κ3) is 5.24. The van der Waals surface area contributed by atoms with Crippen molar-refractivity contribution < 1.29 is 9.59 Å². The molecule has 17 heavy (non-hydrogen) atoms. The van der Waals surface area contributed by atoms with Crippen LogP contribution in [-0.2, 0) is 16.1 Å². The first-order valence-electron chi connectivity index (χ1n) is 5.14. The maximum absolute atomic E-state index is 11.4. The van der Waals surface area contributed by atoms with Gasteiger partial charge >= 0.3 is 0 Å². The molecule has 92 valence electrons. The molecule has 1 N–H and O–H groups in total. The molecule has 5 heteroatoms. The summed E-state index contributed by atoms with van der Waals surface area (Å²) in [7, 11) is 0. The molecule has 0 radical (unpaired) electrons. The summed E-state index contributed by atoms with van der Waals surface area (Å²) in [5.41, 5.74) is 1.95. The van der Waals surface area contributed by atoms with E-state index in [0.29, 0.717) is 11.6 Å². The molecule has 0 unspecified atom stereocenters. The van der Waals surface area contributed by atoms with E-state index in [0.717, 1.165) is 22.9 Å². The number of thioether (sulfide) groups is 1. The van der Waals surface area contributed by atoms with E-state index in [9.17, 15) is 9.59 Å². The van der Waals surface area contributed by atoms with Crippen LogP contribution in [0.25, 0.3) is 0 Å². The Morgan fingerprint density at radius 3 is 2.71 bits per heavy atom. The molecule has 0 spiro atoms. The average Bonchev–Trinajstić information content (AvgIpc) is 2.25. The number of hydrogen-bond acceptors (Lipinski definition) is 3. The Labute approximate surface area is 110 Å². The van der Waals surface area contributed by atoms with Crippen molar-refractivity contribution in [2.24, 2.45) is 0 Å². The number of carbonyl (C=O) groups is 2. The van der Waals surface area contributed by atoms with Gasteiger partial charge in [-0.05, 0) is 24.1 Å². The predicted octanol–water partition coefficient (Wildman–Crippen LogP) is 2.54. The first kappa shape index (κ1) is 14.1. The molecule has 0 fully saturated rings. The summed E-state index contributed by atoms with van der Waals surface area (Å²) in [6, 6.07) is 5.68. The zero-order valence-corrected chi connectivity index (χ0v) is 11.3. The summed E-state index contributed by atoms with van der Waals surface area (Å²) in [5.74, 6) is -0.0134. The summed E-state index contributed by atoms with van der Waals surface area (Å²) in [6.45, 7) is 3.78. The van der Waals surface area contributed by atoms with Gasteiger partial charge in [0.1, 0.15) is 0 Å². The molecule has 0 aromatic heterocycles. The van der Waals surface area contributed by atoms with E-state index in [1.54, 1.807) is 0 Å². The lowest BCUT2D eigenvalue weighted by Gasteiger charge is -2.07. The third-order valence-corrected chi connectivity index (χ3v) is 3.26. The highest BCUT2D eigenvalue weighted by molar-refractivity contribution is 8.14. The lowest BCUT2D eigenvalue weighted by molar-refractivity contribution is -0.119. The van der Waals surface area contributed by atoms with E-state index < -0.39 is 0 Å². The Hall–Kier alpha value is -1.00. The van der Waals surface area contributed by atoms with E-state index in [1.807, 2.05) is 25.1 Å². The van der Waals surface area contributed by atoms with Crippen LogP contribution in [0.15, 0.2) is 18.2 Å². The molecule has 0 atom stereocenters. The highest BCUT2D eigenvalue weighted by atomic mass is 35.5. The van der Waals surface area contributed by atoms with Gasteiger partial charge in [0.25, 0.3) is 0 Å². The number of nitrogens with one attached hydrogen (secondary N) is 1. The number of benzene rings is 1. The van der Waals surface area contributed by atoms with Crippen LogP contribution in [0.3, 0.4) is 0 Å². The van der Waals surface area contributed by atoms with Crippen molar-refractivity contribution in [1.82, 2.24) is 5.32 Å². The van der Waals surface area contributed by atoms with Crippen molar-refractivity contribution >= 4 is 34.4 Å². The smallest absolute Gasteiger partial charge is 0.230 e. The van der Waals surface area contributed by atoms with Crippen molar-refractivity contribution in [3.63, 3.8) is 0 Å². The van der Waals surface area contributed by atoms with Gasteiger partial charge in [0, 0.05) is 18.5 Å². The molecule has 1 aromatic carbocycles. The Balaban J connectivity index is 2.44. The molecule has 0 aliphatic heterocycles. The van der Waals surface area contributed by atoms with Gasteiger partial charge in [-0.3, -0.25) is 9.59 Å². The molecular weight excluding hydrogens is 258 g/mol. The first-order valence-corrected chi connectivity index (χ1v) is 6.50. The lowest BCUT2D eigenvalue weighted by atomic mass is 10.1. The van der Waals surface area contributed by atoms with Crippen molar-refractivity contribution in [2.45, 2.75) is 20.4 Å². The highest BCUT2D eigenvalue weighted by Crippen LogP contribution is 2.17. The lowest BCUT2D eigenvalue weighted by Crippen LogP contribution is -2.25. The van der Waals surface area contributed by atoms with Crippen molar-refractivity contribution in [1.29, 1.82) is 0 Å². The normalized spacial score (nSPS) is 10.1. The van der Waals surface area contributed by atoms with Gasteiger partial charge in [-0.15, -0.1) is 0 Å². The van der Waals surface area contributed by atoms with Gasteiger partial charge in [0.05, 0.1) is 5.75 Å². The number of aryl methyl sites for hydroxylation is 1. The Kier molecular flexibility index (Phi) is 5.51. The molecule has 0 saturated carbocycles. The van der Waals surface area contributed by atoms with Gasteiger partial charge in [-0.1, -0.05) is 35.5 Å². The Morgan fingerprint density at radius 1 is 1.41 bits per heavy atom. The summed E-state index contributed by atoms with van der Waals surface area (Å²) in [6.07, 6.45) is 0. The molecule has 0 saturated heterocycles. The number of rotatable bonds is 4. The number of carbonyl (C=O) groups excluding carboxylic acids is 2. The summed E-state index contributed by atoms with van der Waals surface area (Å²) >= 11 is 7.03. The van der Waals surface area contributed by atoms with Crippen LogP contribution in [-0.4, -0.2) is 16.8 Å². The molecule has 0 aliphatic carbocycles. The zero-order chi connectivity index (χ0) is 12.8. The van der Waals surface area contributed by atoms with Crippen LogP contribution in [0.4, 0.5) is 0 Å². The largest absolute Gasteiger partial charge is 0.351 e. The minimum Gasteiger partial charge on any atom is -0.351 e. The molecule has 0 heterocycles. The van der Waals surface area contributed by atoms with E-state index in [1.165, 1.54) is 6.92 Å². The van der Waals surface area contributed by atoms with Crippen molar-refractivity contribution in [3.8, 4) is 0 Å². The van der Waals surface area contributed by atoms with Gasteiger partial charge in [-0.2, -0.15) is 0 Å². The van der Waals surface area contributed by atoms with E-state index in [-0.39, 0.29) is 16.8 Å². The van der Waals surface area contributed by atoms with E-state index in [2.05, 4.69) is 5.32 Å². The average molecular weight is 272 g/mol. The fourth-order valence-electron chi connectivity index (χ4n) is 1.21.